The fourth-order valence-electron chi connectivity index (χ4n) is 1.03. The third-order valence-electron chi connectivity index (χ3n) is 1.53. The van der Waals surface area contributed by atoms with E-state index in [1.165, 1.54) is 6.92 Å². The van der Waals surface area contributed by atoms with Crippen molar-refractivity contribution < 1.29 is 9.53 Å². The summed E-state index contributed by atoms with van der Waals surface area (Å²) in [7, 11) is 0. The second-order valence-corrected chi connectivity index (χ2v) is 3.09. The Morgan fingerprint density at radius 1 is 1.50 bits per heavy atom. The van der Waals surface area contributed by atoms with Gasteiger partial charge in [-0.1, -0.05) is 12.1 Å². The molecule has 76 valence electrons. The molecule has 0 spiro atoms. The summed E-state index contributed by atoms with van der Waals surface area (Å²) in [5, 5.41) is 2.68. The number of benzene rings is 1. The van der Waals surface area contributed by atoms with Crippen molar-refractivity contribution in [2.45, 2.75) is 6.92 Å². The Kier molecular flexibility index (Phi) is 4.26. The number of amides is 1. The summed E-state index contributed by atoms with van der Waals surface area (Å²) in [4.78, 5) is 10.8. The monoisotopic (exact) mass is 213 g/mol. The third kappa shape index (κ3) is 3.26. The van der Waals surface area contributed by atoms with Crippen LogP contribution in [0.3, 0.4) is 0 Å². The predicted octanol–water partition coefficient (Wildman–Crippen LogP) is 2.26. The first-order chi connectivity index (χ1) is 6.74. The maximum atomic E-state index is 10.8. The highest BCUT2D eigenvalue weighted by atomic mass is 35.5. The van der Waals surface area contributed by atoms with Crippen LogP contribution in [-0.2, 0) is 4.79 Å². The number of nitrogens with one attached hydrogen (secondary N) is 1. The average molecular weight is 214 g/mol. The van der Waals surface area contributed by atoms with Gasteiger partial charge in [-0.2, -0.15) is 0 Å². The quantitative estimate of drug-likeness (QED) is 0.780. The van der Waals surface area contributed by atoms with Crippen LogP contribution in [0.1, 0.15) is 6.92 Å². The summed E-state index contributed by atoms with van der Waals surface area (Å²) in [5.41, 5.74) is 0.671. The first kappa shape index (κ1) is 10.9. The molecule has 0 saturated heterocycles. The van der Waals surface area contributed by atoms with Crippen LogP contribution in [-0.4, -0.2) is 18.4 Å². The summed E-state index contributed by atoms with van der Waals surface area (Å²) in [5.74, 6) is 0.948. The number of carbonyl (C=O) groups excluding carboxylic acids is 1. The Morgan fingerprint density at radius 2 is 2.21 bits per heavy atom. The molecule has 0 heterocycles. The number of hydrogen-bond donors (Lipinski definition) is 1. The first-order valence-corrected chi connectivity index (χ1v) is 4.83. The van der Waals surface area contributed by atoms with Gasteiger partial charge in [-0.3, -0.25) is 4.79 Å². The second kappa shape index (κ2) is 5.50. The molecular weight excluding hydrogens is 202 g/mol. The fourth-order valence-corrected chi connectivity index (χ4v) is 1.11. The summed E-state index contributed by atoms with van der Waals surface area (Å²) in [6, 6.07) is 7.25. The molecule has 0 saturated carbocycles. The standard InChI is InChI=1S/C10H12ClNO2/c1-8(13)12-9-4-2-3-5-10(9)14-7-6-11/h2-5H,6-7H2,1H3,(H,12,13). The molecule has 14 heavy (non-hydrogen) atoms. The van der Waals surface area contributed by atoms with Crippen molar-refractivity contribution in [2.75, 3.05) is 17.8 Å². The van der Waals surface area contributed by atoms with Crippen molar-refractivity contribution in [1.82, 2.24) is 0 Å². The van der Waals surface area contributed by atoms with Crippen LogP contribution in [0.25, 0.3) is 0 Å². The third-order valence-corrected chi connectivity index (χ3v) is 1.69. The molecule has 0 fully saturated rings. The van der Waals surface area contributed by atoms with Crippen LogP contribution in [0, 0.1) is 0 Å². The van der Waals surface area contributed by atoms with Crippen molar-refractivity contribution >= 4 is 23.2 Å². The van der Waals surface area contributed by atoms with Gasteiger partial charge in [-0.25, -0.2) is 0 Å². The normalized spacial score (nSPS) is 9.57. The van der Waals surface area contributed by atoms with Crippen molar-refractivity contribution in [3.8, 4) is 5.75 Å². The fraction of sp³-hybridized carbons (Fsp3) is 0.300. The Morgan fingerprint density at radius 3 is 2.86 bits per heavy atom. The van der Waals surface area contributed by atoms with Gasteiger partial charge in [0.2, 0.25) is 5.91 Å². The molecular formula is C10H12ClNO2. The number of hydrogen-bond acceptors (Lipinski definition) is 2. The summed E-state index contributed by atoms with van der Waals surface area (Å²) in [6.07, 6.45) is 0. The number of alkyl halides is 1. The minimum absolute atomic E-state index is 0.119. The molecule has 0 aromatic heterocycles. The zero-order chi connectivity index (χ0) is 10.4. The maximum absolute atomic E-state index is 10.8. The lowest BCUT2D eigenvalue weighted by Gasteiger charge is -2.09. The van der Waals surface area contributed by atoms with Gasteiger partial charge in [0.05, 0.1) is 11.6 Å². The minimum Gasteiger partial charge on any atom is -0.490 e. The number of para-hydroxylation sites is 2. The summed E-state index contributed by atoms with van der Waals surface area (Å²) < 4.78 is 5.34. The van der Waals surface area contributed by atoms with E-state index in [2.05, 4.69) is 5.32 Å². The van der Waals surface area contributed by atoms with E-state index in [0.29, 0.717) is 23.9 Å². The molecule has 0 aliphatic heterocycles. The molecule has 1 amide bonds. The SMILES string of the molecule is CC(=O)Nc1ccccc1OCCCl. The number of halogens is 1. The molecule has 0 aliphatic carbocycles. The maximum Gasteiger partial charge on any atom is 0.221 e. The molecule has 1 aromatic rings. The molecule has 0 bridgehead atoms. The van der Waals surface area contributed by atoms with Gasteiger partial charge in [-0.15, -0.1) is 11.6 Å². The molecule has 1 N–H and O–H groups in total. The molecule has 3 nitrogen and oxygen atoms in total. The van der Waals surface area contributed by atoms with Crippen LogP contribution < -0.4 is 10.1 Å². The smallest absolute Gasteiger partial charge is 0.221 e. The van der Waals surface area contributed by atoms with Crippen LogP contribution in [0.5, 0.6) is 5.75 Å². The van der Waals surface area contributed by atoms with Crippen molar-refractivity contribution in [2.24, 2.45) is 0 Å². The number of rotatable bonds is 4. The van der Waals surface area contributed by atoms with E-state index in [-0.39, 0.29) is 5.91 Å². The molecule has 1 rings (SSSR count). The highest BCUT2D eigenvalue weighted by molar-refractivity contribution is 6.18. The van der Waals surface area contributed by atoms with E-state index in [1.807, 2.05) is 12.1 Å². The average Bonchev–Trinajstić information content (AvgIpc) is 2.16. The lowest BCUT2D eigenvalue weighted by Crippen LogP contribution is -2.08. The van der Waals surface area contributed by atoms with E-state index in [1.54, 1.807) is 12.1 Å². The predicted molar refractivity (Wildman–Crippen MR) is 57.0 cm³/mol. The van der Waals surface area contributed by atoms with Crippen LogP contribution in [0.4, 0.5) is 5.69 Å². The first-order valence-electron chi connectivity index (χ1n) is 4.29. The van der Waals surface area contributed by atoms with E-state index < -0.39 is 0 Å². The topological polar surface area (TPSA) is 38.3 Å². The molecule has 1 aromatic carbocycles. The zero-order valence-corrected chi connectivity index (χ0v) is 8.67. The molecule has 4 heteroatoms. The highest BCUT2D eigenvalue weighted by Gasteiger charge is 2.03. The summed E-state index contributed by atoms with van der Waals surface area (Å²) in [6.45, 7) is 1.89. The van der Waals surface area contributed by atoms with Crippen LogP contribution >= 0.6 is 11.6 Å². The van der Waals surface area contributed by atoms with Gasteiger partial charge in [0.25, 0.3) is 0 Å². The van der Waals surface area contributed by atoms with Crippen LogP contribution in [0.15, 0.2) is 24.3 Å². The lowest BCUT2D eigenvalue weighted by molar-refractivity contribution is -0.114. The van der Waals surface area contributed by atoms with Crippen molar-refractivity contribution in [3.63, 3.8) is 0 Å². The van der Waals surface area contributed by atoms with Gasteiger partial charge < -0.3 is 10.1 Å². The zero-order valence-electron chi connectivity index (χ0n) is 7.92. The summed E-state index contributed by atoms with van der Waals surface area (Å²) >= 11 is 5.50. The Labute approximate surface area is 88.0 Å². The number of anilines is 1. The molecule has 0 unspecified atom stereocenters. The van der Waals surface area contributed by atoms with Gasteiger partial charge in [0.15, 0.2) is 0 Å². The Hall–Kier alpha value is -1.22. The molecule has 0 aliphatic rings. The lowest BCUT2D eigenvalue weighted by atomic mass is 10.3. The number of carbonyl (C=O) groups is 1. The van der Waals surface area contributed by atoms with Crippen LogP contribution in [0.2, 0.25) is 0 Å². The Bertz CT molecular complexity index is 315. The van der Waals surface area contributed by atoms with E-state index >= 15 is 0 Å². The van der Waals surface area contributed by atoms with Crippen molar-refractivity contribution in [1.29, 1.82) is 0 Å². The molecule has 0 atom stereocenters. The van der Waals surface area contributed by atoms with Crippen molar-refractivity contribution in [3.05, 3.63) is 24.3 Å². The Balaban J connectivity index is 2.74. The highest BCUT2D eigenvalue weighted by Crippen LogP contribution is 2.23. The van der Waals surface area contributed by atoms with Gasteiger partial charge in [0, 0.05) is 6.92 Å². The second-order valence-electron chi connectivity index (χ2n) is 2.71. The van der Waals surface area contributed by atoms with E-state index in [0.717, 1.165) is 0 Å². The number of ether oxygens (including phenoxy) is 1. The van der Waals surface area contributed by atoms with Gasteiger partial charge in [-0.05, 0) is 12.1 Å². The van der Waals surface area contributed by atoms with E-state index in [9.17, 15) is 4.79 Å². The van der Waals surface area contributed by atoms with Gasteiger partial charge in [0.1, 0.15) is 12.4 Å². The molecule has 0 radical (unpaired) electrons. The minimum atomic E-state index is -0.119. The largest absolute Gasteiger partial charge is 0.490 e. The van der Waals surface area contributed by atoms with E-state index in [4.69, 9.17) is 16.3 Å². The van der Waals surface area contributed by atoms with Gasteiger partial charge >= 0.3 is 0 Å².